The summed E-state index contributed by atoms with van der Waals surface area (Å²) in [6, 6.07) is 13.4. The van der Waals surface area contributed by atoms with Crippen LogP contribution in [0.1, 0.15) is 79.1 Å². The molecule has 0 saturated heterocycles. The Balaban J connectivity index is 2.25. The zero-order valence-corrected chi connectivity index (χ0v) is 23.5. The van der Waals surface area contributed by atoms with Crippen molar-refractivity contribution in [2.75, 3.05) is 36.0 Å². The lowest BCUT2D eigenvalue weighted by atomic mass is 10.1. The minimum Gasteiger partial charge on any atom is -0.370 e. The van der Waals surface area contributed by atoms with Gasteiger partial charge in [0, 0.05) is 35.6 Å². The van der Waals surface area contributed by atoms with Gasteiger partial charge in [-0.25, -0.2) is 4.99 Å². The van der Waals surface area contributed by atoms with Gasteiger partial charge in [0.15, 0.2) is 0 Å². The summed E-state index contributed by atoms with van der Waals surface area (Å²) in [7, 11) is -0.137. The third-order valence-corrected chi connectivity index (χ3v) is 9.90. The van der Waals surface area contributed by atoms with Crippen LogP contribution in [0.15, 0.2) is 46.3 Å². The summed E-state index contributed by atoms with van der Waals surface area (Å²) < 4.78 is 1.33. The molecule has 0 N–H and O–H groups in total. The van der Waals surface area contributed by atoms with E-state index in [2.05, 4.69) is 88.7 Å². The second-order valence-corrected chi connectivity index (χ2v) is 12.3. The van der Waals surface area contributed by atoms with Gasteiger partial charge in [-0.3, -0.25) is 0 Å². The summed E-state index contributed by atoms with van der Waals surface area (Å²) in [5.74, 6) is 0. The van der Waals surface area contributed by atoms with E-state index in [1.807, 2.05) is 0 Å². The summed E-state index contributed by atoms with van der Waals surface area (Å²) in [4.78, 5) is 11.9. The molecule has 3 rings (SSSR count). The smallest absolute Gasteiger partial charge is 0.103 e. The molecule has 182 valence electrons. The lowest BCUT2D eigenvalue weighted by Crippen LogP contribution is -2.35. The number of anilines is 2. The second kappa shape index (κ2) is 13.5. The Morgan fingerprint density at radius 2 is 1.27 bits per heavy atom. The molecule has 5 heteroatoms. The average Bonchev–Trinajstić information content (AvgIpc) is 2.84. The van der Waals surface area contributed by atoms with Crippen LogP contribution in [0, 0.1) is 4.51 Å². The van der Waals surface area contributed by atoms with Crippen LogP contribution in [0.3, 0.4) is 0 Å². The van der Waals surface area contributed by atoms with Gasteiger partial charge >= 0.3 is 0 Å². The van der Waals surface area contributed by atoms with E-state index in [-0.39, 0.29) is 8.92 Å². The van der Waals surface area contributed by atoms with Crippen molar-refractivity contribution in [1.82, 2.24) is 0 Å². The molecule has 0 aliphatic carbocycles. The fourth-order valence-corrected chi connectivity index (χ4v) is 7.23. The molecule has 0 saturated carbocycles. The van der Waals surface area contributed by atoms with E-state index in [1.165, 1.54) is 77.5 Å². The Morgan fingerprint density at radius 3 is 1.85 bits per heavy atom. The number of rotatable bonds is 14. The molecule has 3 nitrogen and oxygen atoms in total. The number of hydrogen-bond donors (Lipinski definition) is 0. The first-order chi connectivity index (χ1) is 16.2. The third kappa shape index (κ3) is 6.42. The zero-order valence-electron chi connectivity index (χ0n) is 21.1. The predicted molar refractivity (Wildman–Crippen MR) is 151 cm³/mol. The van der Waals surface area contributed by atoms with Crippen LogP contribution in [-0.4, -0.2) is 26.2 Å². The molecule has 0 bridgehead atoms. The van der Waals surface area contributed by atoms with E-state index in [1.54, 1.807) is 0 Å². The van der Waals surface area contributed by atoms with Crippen LogP contribution in [0.5, 0.6) is 0 Å². The molecule has 2 aromatic rings. The maximum Gasteiger partial charge on any atom is 0.103 e. The fraction of sp³-hybridized carbons (Fsp3) is 0.571. The molecule has 0 spiro atoms. The number of para-hydroxylation sites is 1. The van der Waals surface area contributed by atoms with Crippen molar-refractivity contribution >= 4 is 40.8 Å². The maximum atomic E-state index is 5.31. The van der Waals surface area contributed by atoms with Crippen molar-refractivity contribution in [2.24, 2.45) is 4.99 Å². The minimum atomic E-state index is -0.137. The number of halogens is 1. The molecule has 2 aromatic carbocycles. The van der Waals surface area contributed by atoms with E-state index in [9.17, 15) is 0 Å². The fourth-order valence-electron chi connectivity index (χ4n) is 4.39. The van der Waals surface area contributed by atoms with Gasteiger partial charge in [-0.15, -0.1) is 0 Å². The van der Waals surface area contributed by atoms with Crippen molar-refractivity contribution < 1.29 is 0 Å². The Kier molecular flexibility index (Phi) is 10.8. The van der Waals surface area contributed by atoms with E-state index in [0.717, 1.165) is 31.9 Å². The normalized spacial score (nSPS) is 14.4. The van der Waals surface area contributed by atoms with Gasteiger partial charge in [-0.2, -0.15) is 0 Å². The molecule has 0 radical (unpaired) electrons. The largest absolute Gasteiger partial charge is 0.370 e. The summed E-state index contributed by atoms with van der Waals surface area (Å²) in [5, 5.41) is 1.19. The van der Waals surface area contributed by atoms with Gasteiger partial charge < -0.3 is 9.80 Å². The molecule has 1 aliphatic rings. The van der Waals surface area contributed by atoms with Crippen molar-refractivity contribution in [3.05, 3.63) is 46.3 Å². The van der Waals surface area contributed by atoms with Crippen molar-refractivity contribution in [3.63, 3.8) is 0 Å². The quantitative estimate of drug-likeness (QED) is 0.227. The molecule has 1 atom stereocenters. The number of unbranched alkanes of at least 4 members (excludes halogenated alkanes) is 4. The number of fused-ring (bicyclic) bond motifs is 2. The van der Waals surface area contributed by atoms with Gasteiger partial charge in [-0.05, 0) is 64.8 Å². The van der Waals surface area contributed by atoms with Crippen LogP contribution in [0.25, 0.3) is 0 Å². The van der Waals surface area contributed by atoms with Crippen LogP contribution in [0.4, 0.5) is 17.1 Å². The van der Waals surface area contributed by atoms with Crippen LogP contribution < -0.4 is 15.2 Å². The first kappa shape index (κ1) is 26.3. The van der Waals surface area contributed by atoms with Gasteiger partial charge in [0.05, 0.1) is 17.1 Å². The Hall–Kier alpha value is -1.33. The van der Waals surface area contributed by atoms with Crippen molar-refractivity contribution in [1.29, 1.82) is 0 Å². The van der Waals surface area contributed by atoms with Gasteiger partial charge in [0.1, 0.15) is 5.36 Å². The van der Waals surface area contributed by atoms with Crippen molar-refractivity contribution in [3.8, 4) is 0 Å². The van der Waals surface area contributed by atoms with Gasteiger partial charge in [0.25, 0.3) is 0 Å². The summed E-state index contributed by atoms with van der Waals surface area (Å²) in [6.07, 6.45) is 9.76. The third-order valence-electron chi connectivity index (χ3n) is 6.36. The van der Waals surface area contributed by atoms with Gasteiger partial charge in [-0.1, -0.05) is 74.4 Å². The highest BCUT2D eigenvalue weighted by Gasteiger charge is 2.22. The summed E-state index contributed by atoms with van der Waals surface area (Å²) in [6.45, 7) is 13.6. The molecule has 33 heavy (non-hydrogen) atoms. The van der Waals surface area contributed by atoms with E-state index < -0.39 is 0 Å². The predicted octanol–water partition coefficient (Wildman–Crippen LogP) is 8.65. The SMILES string of the molecule is CCCCN(CCCC)c1ccc2c(c1N(CCCC)CCCC)=Nc1ccccc1S=2Br. The van der Waals surface area contributed by atoms with E-state index >= 15 is 0 Å². The second-order valence-electron chi connectivity index (χ2n) is 9.00. The van der Waals surface area contributed by atoms with Crippen LogP contribution in [-0.2, 0) is 0 Å². The molecular formula is C28H42BrN3S. The van der Waals surface area contributed by atoms with E-state index in [4.69, 9.17) is 4.99 Å². The number of hydrogen-bond acceptors (Lipinski definition) is 3. The van der Waals surface area contributed by atoms with Crippen molar-refractivity contribution in [2.45, 2.75) is 84.0 Å². The molecule has 1 unspecified atom stereocenters. The molecule has 1 aliphatic heterocycles. The first-order valence-electron chi connectivity index (χ1n) is 13.0. The highest BCUT2D eigenvalue weighted by Crippen LogP contribution is 2.45. The maximum absolute atomic E-state index is 5.31. The zero-order chi connectivity index (χ0) is 23.6. The summed E-state index contributed by atoms with van der Waals surface area (Å²) >= 11 is 4.06. The molecule has 0 amide bonds. The molecule has 1 heterocycles. The number of nitrogens with zero attached hydrogens (tertiary/aromatic N) is 3. The lowest BCUT2D eigenvalue weighted by molar-refractivity contribution is 0.660. The highest BCUT2D eigenvalue weighted by atomic mass is 79.9. The molecular weight excluding hydrogens is 490 g/mol. The lowest BCUT2D eigenvalue weighted by Gasteiger charge is -2.33. The number of benzene rings is 2. The Labute approximate surface area is 211 Å². The minimum absolute atomic E-state index is 0.137. The molecule has 0 aromatic heterocycles. The first-order valence-corrected chi connectivity index (χ1v) is 16.1. The monoisotopic (exact) mass is 531 g/mol. The summed E-state index contributed by atoms with van der Waals surface area (Å²) in [5.41, 5.74) is 3.87. The van der Waals surface area contributed by atoms with Crippen LogP contribution in [0.2, 0.25) is 0 Å². The average molecular weight is 533 g/mol. The Bertz CT molecular complexity index is 1000. The molecule has 0 fully saturated rings. The van der Waals surface area contributed by atoms with Gasteiger partial charge in [0.2, 0.25) is 0 Å². The highest BCUT2D eigenvalue weighted by molar-refractivity contribution is 9.52. The van der Waals surface area contributed by atoms with Crippen LogP contribution >= 0.6 is 23.7 Å². The Morgan fingerprint density at radius 1 is 0.727 bits per heavy atom. The van der Waals surface area contributed by atoms with E-state index in [0.29, 0.717) is 0 Å². The standard InChI is InChI=1S/C28H42BrN3S/c1-5-9-19-31(20-10-6-2)24-17-18-26-27(28(24)32(21-11-7-3)22-12-8-4)30-23-15-13-14-16-25(23)33(26)29/h13-18H,5-12,19-22H2,1-4H3. The topological polar surface area (TPSA) is 18.8 Å².